The third-order valence-electron chi connectivity index (χ3n) is 4.66. The summed E-state index contributed by atoms with van der Waals surface area (Å²) in [5.41, 5.74) is 0.309. The Labute approximate surface area is 181 Å². The largest absolute Gasteiger partial charge is 0.415 e. The first-order valence-electron chi connectivity index (χ1n) is 9.41. The van der Waals surface area contributed by atoms with Crippen molar-refractivity contribution in [2.45, 2.75) is 25.7 Å². The first-order valence-corrected chi connectivity index (χ1v) is 11.3. The van der Waals surface area contributed by atoms with Gasteiger partial charge in [-0.05, 0) is 11.6 Å². The Hall–Kier alpha value is -2.93. The SMILES string of the molecule is CCN(CC(Cc1ncc(-c2nnc(C(F)F)o2)cn1)c1ccc(F)cc1F)S(C)(=O)=O. The fraction of sp³-hybridized carbons (Fsp3) is 0.368. The van der Waals surface area contributed by atoms with E-state index in [1.807, 2.05) is 0 Å². The second-order valence-corrected chi connectivity index (χ2v) is 8.90. The summed E-state index contributed by atoms with van der Waals surface area (Å²) in [6.07, 6.45) is 0.701. The molecule has 0 fully saturated rings. The molecule has 0 aliphatic rings. The molecule has 2 heterocycles. The zero-order valence-electron chi connectivity index (χ0n) is 17.0. The van der Waals surface area contributed by atoms with Gasteiger partial charge >= 0.3 is 6.43 Å². The third-order valence-corrected chi connectivity index (χ3v) is 6.00. The lowest BCUT2D eigenvalue weighted by Gasteiger charge is -2.25. The lowest BCUT2D eigenvalue weighted by Crippen LogP contribution is -2.34. The van der Waals surface area contributed by atoms with Crippen molar-refractivity contribution < 1.29 is 30.4 Å². The van der Waals surface area contributed by atoms with Crippen LogP contribution in [0.5, 0.6) is 0 Å². The van der Waals surface area contributed by atoms with Gasteiger partial charge in [-0.25, -0.2) is 31.5 Å². The Morgan fingerprint density at radius 2 is 1.81 bits per heavy atom. The Morgan fingerprint density at radius 1 is 1.12 bits per heavy atom. The molecule has 0 saturated carbocycles. The highest BCUT2D eigenvalue weighted by Gasteiger charge is 2.25. The van der Waals surface area contributed by atoms with Crippen LogP contribution < -0.4 is 0 Å². The molecule has 3 rings (SSSR count). The van der Waals surface area contributed by atoms with Crippen LogP contribution in [0.15, 0.2) is 35.0 Å². The number of nitrogens with zero attached hydrogens (tertiary/aromatic N) is 5. The van der Waals surface area contributed by atoms with Crippen LogP contribution in [0.4, 0.5) is 17.6 Å². The van der Waals surface area contributed by atoms with Gasteiger partial charge in [-0.2, -0.15) is 8.78 Å². The second kappa shape index (κ2) is 9.69. The van der Waals surface area contributed by atoms with Crippen LogP contribution in [0.2, 0.25) is 0 Å². The number of likely N-dealkylation sites (N-methyl/N-ethyl adjacent to an activating group) is 1. The number of halogens is 4. The topological polar surface area (TPSA) is 102 Å². The van der Waals surface area contributed by atoms with Gasteiger partial charge in [-0.15, -0.1) is 10.2 Å². The molecule has 0 bridgehead atoms. The molecule has 1 atom stereocenters. The van der Waals surface area contributed by atoms with Gasteiger partial charge in [0.15, 0.2) is 0 Å². The van der Waals surface area contributed by atoms with Crippen molar-refractivity contribution in [2.24, 2.45) is 0 Å². The highest BCUT2D eigenvalue weighted by Crippen LogP contribution is 2.26. The van der Waals surface area contributed by atoms with E-state index in [0.717, 1.165) is 18.4 Å². The predicted molar refractivity (Wildman–Crippen MR) is 105 cm³/mol. The van der Waals surface area contributed by atoms with Crippen LogP contribution in [0, 0.1) is 11.6 Å². The maximum Gasteiger partial charge on any atom is 0.314 e. The summed E-state index contributed by atoms with van der Waals surface area (Å²) in [7, 11) is -3.57. The van der Waals surface area contributed by atoms with Crippen molar-refractivity contribution in [2.75, 3.05) is 19.3 Å². The monoisotopic (exact) mass is 473 g/mol. The number of aromatic nitrogens is 4. The summed E-state index contributed by atoms with van der Waals surface area (Å²) in [5, 5.41) is 6.74. The highest BCUT2D eigenvalue weighted by molar-refractivity contribution is 7.88. The van der Waals surface area contributed by atoms with Crippen LogP contribution in [-0.2, 0) is 16.4 Å². The molecular formula is C19H19F4N5O3S. The third kappa shape index (κ3) is 5.65. The van der Waals surface area contributed by atoms with E-state index in [2.05, 4.69) is 20.2 Å². The molecule has 0 N–H and O–H groups in total. The number of benzene rings is 1. The molecule has 0 amide bonds. The van der Waals surface area contributed by atoms with E-state index in [9.17, 15) is 26.0 Å². The summed E-state index contributed by atoms with van der Waals surface area (Å²) in [5.74, 6) is -3.10. The van der Waals surface area contributed by atoms with Crippen molar-refractivity contribution >= 4 is 10.0 Å². The smallest absolute Gasteiger partial charge is 0.314 e. The number of alkyl halides is 2. The van der Waals surface area contributed by atoms with Crippen molar-refractivity contribution in [1.29, 1.82) is 0 Å². The van der Waals surface area contributed by atoms with Crippen LogP contribution in [0.25, 0.3) is 11.5 Å². The molecule has 172 valence electrons. The van der Waals surface area contributed by atoms with Crippen LogP contribution in [0.1, 0.15) is 36.5 Å². The number of sulfonamides is 1. The Kier molecular flexibility index (Phi) is 7.19. The first kappa shape index (κ1) is 23.7. The van der Waals surface area contributed by atoms with E-state index in [-0.39, 0.29) is 42.4 Å². The molecule has 0 radical (unpaired) electrons. The molecule has 0 aliphatic carbocycles. The maximum absolute atomic E-state index is 14.5. The number of hydrogen-bond acceptors (Lipinski definition) is 7. The lowest BCUT2D eigenvalue weighted by atomic mass is 9.94. The van der Waals surface area contributed by atoms with E-state index in [0.29, 0.717) is 0 Å². The van der Waals surface area contributed by atoms with Gasteiger partial charge in [0.05, 0.1) is 11.8 Å². The van der Waals surface area contributed by atoms with Crippen LogP contribution in [-0.4, -0.2) is 52.2 Å². The van der Waals surface area contributed by atoms with Crippen molar-refractivity contribution in [3.8, 4) is 11.5 Å². The van der Waals surface area contributed by atoms with Gasteiger partial charge in [-0.1, -0.05) is 13.0 Å². The summed E-state index contributed by atoms with van der Waals surface area (Å²) in [4.78, 5) is 8.25. The summed E-state index contributed by atoms with van der Waals surface area (Å²) >= 11 is 0. The van der Waals surface area contributed by atoms with Gasteiger partial charge in [0.1, 0.15) is 17.5 Å². The van der Waals surface area contributed by atoms with Gasteiger partial charge in [0.25, 0.3) is 11.8 Å². The molecule has 0 saturated heterocycles. The molecule has 13 heteroatoms. The minimum atomic E-state index is -3.57. The minimum absolute atomic E-state index is 0.0287. The van der Waals surface area contributed by atoms with E-state index in [1.54, 1.807) is 6.92 Å². The molecule has 0 spiro atoms. The Morgan fingerprint density at radius 3 is 2.34 bits per heavy atom. The van der Waals surface area contributed by atoms with Gasteiger partial charge < -0.3 is 4.42 Å². The number of hydrogen-bond donors (Lipinski definition) is 0. The summed E-state index contributed by atoms with van der Waals surface area (Å²) < 4.78 is 83.1. The van der Waals surface area contributed by atoms with E-state index >= 15 is 0 Å². The van der Waals surface area contributed by atoms with Crippen LogP contribution >= 0.6 is 0 Å². The van der Waals surface area contributed by atoms with Crippen molar-refractivity contribution in [3.05, 3.63) is 59.5 Å². The summed E-state index contributed by atoms with van der Waals surface area (Å²) in [6.45, 7) is 1.72. The predicted octanol–water partition coefficient (Wildman–Crippen LogP) is 3.35. The molecule has 32 heavy (non-hydrogen) atoms. The number of rotatable bonds is 9. The quantitative estimate of drug-likeness (QED) is 0.439. The normalized spacial score (nSPS) is 13.1. The van der Waals surface area contributed by atoms with E-state index in [4.69, 9.17) is 4.42 Å². The maximum atomic E-state index is 14.5. The fourth-order valence-electron chi connectivity index (χ4n) is 3.08. The molecular weight excluding hydrogens is 454 g/mol. The fourth-order valence-corrected chi connectivity index (χ4v) is 4.00. The second-order valence-electron chi connectivity index (χ2n) is 6.91. The lowest BCUT2D eigenvalue weighted by molar-refractivity contribution is 0.116. The Balaban J connectivity index is 1.88. The average molecular weight is 473 g/mol. The van der Waals surface area contributed by atoms with Gasteiger partial charge in [-0.3, -0.25) is 0 Å². The first-order chi connectivity index (χ1) is 15.1. The highest BCUT2D eigenvalue weighted by atomic mass is 32.2. The molecule has 8 nitrogen and oxygen atoms in total. The van der Waals surface area contributed by atoms with Gasteiger partial charge in [0, 0.05) is 43.9 Å². The zero-order valence-corrected chi connectivity index (χ0v) is 17.9. The van der Waals surface area contributed by atoms with Crippen LogP contribution in [0.3, 0.4) is 0 Å². The standard InChI is InChI=1S/C19H19F4N5O3S/c1-3-28(32(2,29)30)10-11(14-5-4-13(20)7-15(14)21)6-16-24-8-12(9-25-16)18-26-27-19(31-18)17(22)23/h4-5,7-9,11,17H,3,6,10H2,1-2H3. The zero-order chi connectivity index (χ0) is 23.5. The van der Waals surface area contributed by atoms with E-state index < -0.39 is 39.9 Å². The van der Waals surface area contributed by atoms with Gasteiger partial charge in [0.2, 0.25) is 10.0 Å². The molecule has 2 aromatic heterocycles. The molecule has 3 aromatic rings. The van der Waals surface area contributed by atoms with Crippen molar-refractivity contribution in [3.63, 3.8) is 0 Å². The Bertz CT molecular complexity index is 1170. The van der Waals surface area contributed by atoms with E-state index in [1.165, 1.54) is 22.8 Å². The van der Waals surface area contributed by atoms with Crippen molar-refractivity contribution in [1.82, 2.24) is 24.5 Å². The molecule has 1 aromatic carbocycles. The molecule has 0 aliphatic heterocycles. The summed E-state index contributed by atoms with van der Waals surface area (Å²) in [6, 6.07) is 3.06. The molecule has 1 unspecified atom stereocenters. The minimum Gasteiger partial charge on any atom is -0.415 e. The average Bonchev–Trinajstić information content (AvgIpc) is 3.21.